The van der Waals surface area contributed by atoms with Gasteiger partial charge in [0, 0.05) is 5.92 Å². The fourth-order valence-corrected chi connectivity index (χ4v) is 1.90. The maximum atomic E-state index is 11.3. The first-order valence-corrected chi connectivity index (χ1v) is 6.43. The predicted octanol–water partition coefficient (Wildman–Crippen LogP) is 2.57. The van der Waals surface area contributed by atoms with Gasteiger partial charge in [-0.25, -0.2) is 0 Å². The van der Waals surface area contributed by atoms with Gasteiger partial charge in [0.05, 0.1) is 19.3 Å². The zero-order valence-corrected chi connectivity index (χ0v) is 11.1. The lowest BCUT2D eigenvalue weighted by molar-refractivity contribution is -0.122. The molecule has 0 saturated carbocycles. The first-order chi connectivity index (χ1) is 8.63. The van der Waals surface area contributed by atoms with E-state index < -0.39 is 6.10 Å². The molecule has 1 rings (SSSR count). The van der Waals surface area contributed by atoms with E-state index in [-0.39, 0.29) is 18.3 Å². The summed E-state index contributed by atoms with van der Waals surface area (Å²) in [4.78, 5) is 11.3. The highest BCUT2D eigenvalue weighted by Gasteiger charge is 2.16. The van der Waals surface area contributed by atoms with Gasteiger partial charge in [0.2, 0.25) is 0 Å². The van der Waals surface area contributed by atoms with Gasteiger partial charge in [-0.05, 0) is 25.3 Å². The molecule has 3 nitrogen and oxygen atoms in total. The number of hydrogen-bond acceptors (Lipinski definition) is 3. The number of benzene rings is 1. The predicted molar refractivity (Wildman–Crippen MR) is 71.2 cm³/mol. The Morgan fingerprint density at radius 1 is 1.33 bits per heavy atom. The summed E-state index contributed by atoms with van der Waals surface area (Å²) in [5.41, 5.74) is 1.09. The molecule has 0 aliphatic carbocycles. The second kappa shape index (κ2) is 8.01. The quantitative estimate of drug-likeness (QED) is 0.771. The van der Waals surface area contributed by atoms with E-state index in [0.717, 1.165) is 12.0 Å². The highest BCUT2D eigenvalue weighted by molar-refractivity contribution is 5.78. The van der Waals surface area contributed by atoms with E-state index in [1.807, 2.05) is 37.3 Å². The lowest BCUT2D eigenvalue weighted by Gasteiger charge is -2.16. The minimum atomic E-state index is -0.567. The fraction of sp³-hybridized carbons (Fsp3) is 0.533. The number of carbonyl (C=O) groups is 1. The number of Topliss-reactive ketones (excluding diaryl/α,β-unsaturated/α-hetero) is 1. The van der Waals surface area contributed by atoms with Gasteiger partial charge in [0.15, 0.2) is 0 Å². The van der Waals surface area contributed by atoms with E-state index in [2.05, 4.69) is 0 Å². The van der Waals surface area contributed by atoms with E-state index >= 15 is 0 Å². The molecule has 18 heavy (non-hydrogen) atoms. The summed E-state index contributed by atoms with van der Waals surface area (Å²) >= 11 is 0. The molecule has 0 aliphatic heterocycles. The Hall–Kier alpha value is -1.19. The summed E-state index contributed by atoms with van der Waals surface area (Å²) < 4.78 is 5.45. The van der Waals surface area contributed by atoms with Crippen LogP contribution in [-0.2, 0) is 16.1 Å². The van der Waals surface area contributed by atoms with Gasteiger partial charge in [-0.2, -0.15) is 0 Å². The van der Waals surface area contributed by atoms with Crippen LogP contribution < -0.4 is 0 Å². The number of ether oxygens (including phenoxy) is 1. The summed E-state index contributed by atoms with van der Waals surface area (Å²) in [5.74, 6) is 0.0833. The van der Waals surface area contributed by atoms with E-state index in [1.54, 1.807) is 6.92 Å². The zero-order chi connectivity index (χ0) is 13.4. The van der Waals surface area contributed by atoms with E-state index in [0.29, 0.717) is 13.0 Å². The monoisotopic (exact) mass is 250 g/mol. The molecular weight excluding hydrogens is 228 g/mol. The van der Waals surface area contributed by atoms with Crippen LogP contribution in [0.2, 0.25) is 0 Å². The molecule has 1 aromatic carbocycles. The van der Waals surface area contributed by atoms with Crippen molar-refractivity contribution < 1.29 is 14.6 Å². The van der Waals surface area contributed by atoms with Gasteiger partial charge >= 0.3 is 0 Å². The van der Waals surface area contributed by atoms with Gasteiger partial charge in [-0.1, -0.05) is 37.3 Å². The van der Waals surface area contributed by atoms with Crippen LogP contribution in [0.25, 0.3) is 0 Å². The fourth-order valence-electron chi connectivity index (χ4n) is 1.90. The maximum Gasteiger partial charge on any atom is 0.132 e. The lowest BCUT2D eigenvalue weighted by Crippen LogP contribution is -2.22. The molecule has 1 aromatic rings. The third-order valence-electron chi connectivity index (χ3n) is 3.05. The van der Waals surface area contributed by atoms with E-state index in [9.17, 15) is 9.90 Å². The molecule has 2 unspecified atom stereocenters. The van der Waals surface area contributed by atoms with Gasteiger partial charge in [0.25, 0.3) is 0 Å². The first kappa shape index (κ1) is 14.9. The number of ketones is 1. The minimum absolute atomic E-state index is 0.0553. The second-order valence-electron chi connectivity index (χ2n) is 4.61. The molecule has 0 aromatic heterocycles. The van der Waals surface area contributed by atoms with Crippen molar-refractivity contribution in [2.45, 2.75) is 39.4 Å². The Kier molecular flexibility index (Phi) is 6.61. The Bertz CT molecular complexity index is 348. The van der Waals surface area contributed by atoms with Crippen molar-refractivity contribution in [1.82, 2.24) is 0 Å². The Balaban J connectivity index is 2.25. The molecular formula is C15H22O3. The van der Waals surface area contributed by atoms with Crippen molar-refractivity contribution in [2.75, 3.05) is 6.61 Å². The highest BCUT2D eigenvalue weighted by atomic mass is 16.5. The van der Waals surface area contributed by atoms with Gasteiger partial charge in [0.1, 0.15) is 5.78 Å². The molecule has 1 N–H and O–H groups in total. The molecule has 0 heterocycles. The van der Waals surface area contributed by atoms with Crippen molar-refractivity contribution in [3.05, 3.63) is 35.9 Å². The number of aliphatic hydroxyl groups is 1. The van der Waals surface area contributed by atoms with Crippen LogP contribution >= 0.6 is 0 Å². The number of carbonyl (C=O) groups excluding carboxylic acids is 1. The molecule has 0 amide bonds. The van der Waals surface area contributed by atoms with Gasteiger partial charge < -0.3 is 9.84 Å². The lowest BCUT2D eigenvalue weighted by atomic mass is 9.95. The van der Waals surface area contributed by atoms with Crippen LogP contribution in [0.15, 0.2) is 30.3 Å². The van der Waals surface area contributed by atoms with Crippen molar-refractivity contribution in [2.24, 2.45) is 5.92 Å². The van der Waals surface area contributed by atoms with Gasteiger partial charge in [-0.15, -0.1) is 0 Å². The van der Waals surface area contributed by atoms with E-state index in [4.69, 9.17) is 4.74 Å². The van der Waals surface area contributed by atoms with Crippen LogP contribution in [0.1, 0.15) is 32.3 Å². The van der Waals surface area contributed by atoms with Crippen molar-refractivity contribution >= 4 is 5.78 Å². The summed E-state index contributed by atoms with van der Waals surface area (Å²) in [5, 5.41) is 9.80. The topological polar surface area (TPSA) is 46.5 Å². The first-order valence-electron chi connectivity index (χ1n) is 6.43. The number of aliphatic hydroxyl groups excluding tert-OH is 1. The average Bonchev–Trinajstić information content (AvgIpc) is 2.37. The Morgan fingerprint density at radius 3 is 2.56 bits per heavy atom. The molecule has 0 bridgehead atoms. The summed E-state index contributed by atoms with van der Waals surface area (Å²) in [6, 6.07) is 9.83. The Labute approximate surface area is 109 Å². The molecule has 0 aliphatic rings. The van der Waals surface area contributed by atoms with E-state index in [1.165, 1.54) is 0 Å². The Morgan fingerprint density at radius 2 is 2.00 bits per heavy atom. The molecule has 0 radical (unpaired) electrons. The largest absolute Gasteiger partial charge is 0.391 e. The van der Waals surface area contributed by atoms with Crippen molar-refractivity contribution in [1.29, 1.82) is 0 Å². The van der Waals surface area contributed by atoms with Crippen molar-refractivity contribution in [3.8, 4) is 0 Å². The van der Waals surface area contributed by atoms with Crippen LogP contribution in [0.5, 0.6) is 0 Å². The average molecular weight is 250 g/mol. The SMILES string of the molecule is CCC(CC(O)COCc1ccccc1)C(C)=O. The van der Waals surface area contributed by atoms with Crippen LogP contribution in [0.3, 0.4) is 0 Å². The van der Waals surface area contributed by atoms with Crippen molar-refractivity contribution in [3.63, 3.8) is 0 Å². The third-order valence-corrected chi connectivity index (χ3v) is 3.05. The standard InChI is InChI=1S/C15H22O3/c1-3-14(12(2)16)9-15(17)11-18-10-13-7-5-4-6-8-13/h4-8,14-15,17H,3,9-11H2,1-2H3. The molecule has 0 fully saturated rings. The molecule has 2 atom stereocenters. The smallest absolute Gasteiger partial charge is 0.132 e. The summed E-state index contributed by atoms with van der Waals surface area (Å²) in [7, 11) is 0. The molecule has 0 saturated heterocycles. The summed E-state index contributed by atoms with van der Waals surface area (Å²) in [6.07, 6.45) is 0.689. The normalized spacial score (nSPS) is 14.2. The van der Waals surface area contributed by atoms with Crippen LogP contribution in [-0.4, -0.2) is 23.6 Å². The minimum Gasteiger partial charge on any atom is -0.391 e. The zero-order valence-electron chi connectivity index (χ0n) is 11.1. The maximum absolute atomic E-state index is 11.3. The summed E-state index contributed by atoms with van der Waals surface area (Å²) in [6.45, 7) is 4.31. The molecule has 3 heteroatoms. The second-order valence-corrected chi connectivity index (χ2v) is 4.61. The number of rotatable bonds is 8. The van der Waals surface area contributed by atoms with Crippen LogP contribution in [0, 0.1) is 5.92 Å². The third kappa shape index (κ3) is 5.43. The van der Waals surface area contributed by atoms with Gasteiger partial charge in [-0.3, -0.25) is 4.79 Å². The number of hydrogen-bond donors (Lipinski definition) is 1. The molecule has 0 spiro atoms. The highest BCUT2D eigenvalue weighted by Crippen LogP contribution is 2.13. The molecule has 100 valence electrons. The van der Waals surface area contributed by atoms with Crippen LogP contribution in [0.4, 0.5) is 0 Å².